The van der Waals surface area contributed by atoms with Crippen molar-refractivity contribution in [2.24, 2.45) is 29.1 Å². The monoisotopic (exact) mass is 640 g/mol. The Kier molecular flexibility index (Phi) is 10.7. The number of Topliss-reactive ketones (excluding diaryl/α,β-unsaturated/α-hetero) is 1. The molecule has 4 aliphatic carbocycles. The largest absolute Gasteiger partial charge is 0.413 e. The zero-order valence-electron chi connectivity index (χ0n) is 30.8. The Morgan fingerprint density at radius 2 is 1.57 bits per heavy atom. The molecule has 0 amide bonds. The molecule has 0 aromatic carbocycles. The molecule has 250 valence electrons. The van der Waals surface area contributed by atoms with Crippen LogP contribution in [-0.2, 0) is 13.6 Å². The van der Waals surface area contributed by atoms with E-state index in [-0.39, 0.29) is 22.3 Å². The van der Waals surface area contributed by atoms with Crippen molar-refractivity contribution in [2.75, 3.05) is 0 Å². The normalized spacial score (nSPS) is 35.0. The summed E-state index contributed by atoms with van der Waals surface area (Å²) in [7, 11) is -3.90. The van der Waals surface area contributed by atoms with Gasteiger partial charge in [-0.1, -0.05) is 79.7 Å². The minimum Gasteiger partial charge on any atom is -0.413 e. The van der Waals surface area contributed by atoms with Crippen LogP contribution in [0.2, 0.25) is 36.3 Å². The number of ketones is 1. The average Bonchev–Trinajstić information content (AvgIpc) is 3.45. The fourth-order valence-electron chi connectivity index (χ4n) is 8.76. The summed E-state index contributed by atoms with van der Waals surface area (Å²) in [5.41, 5.74) is 4.58. The van der Waals surface area contributed by atoms with Gasteiger partial charge in [0.1, 0.15) is 5.78 Å². The van der Waals surface area contributed by atoms with Gasteiger partial charge in [0.15, 0.2) is 16.6 Å². The van der Waals surface area contributed by atoms with Crippen molar-refractivity contribution in [1.82, 2.24) is 0 Å². The number of carbonyl (C=O) groups excluding carboxylic acids is 1. The van der Waals surface area contributed by atoms with Crippen molar-refractivity contribution in [3.8, 4) is 0 Å². The Balaban J connectivity index is 1.57. The molecule has 4 saturated carbocycles. The van der Waals surface area contributed by atoms with E-state index in [9.17, 15) is 4.79 Å². The molecule has 4 rings (SSSR count). The molecule has 4 unspecified atom stereocenters. The molecule has 0 N–H and O–H groups in total. The van der Waals surface area contributed by atoms with Gasteiger partial charge in [-0.25, -0.2) is 0 Å². The lowest BCUT2D eigenvalue weighted by molar-refractivity contribution is -0.117. The van der Waals surface area contributed by atoms with Crippen LogP contribution in [0.3, 0.4) is 0 Å². The van der Waals surface area contributed by atoms with Gasteiger partial charge in [0.2, 0.25) is 0 Å². The Bertz CT molecular complexity index is 1130. The summed E-state index contributed by atoms with van der Waals surface area (Å²) in [6.07, 6.45) is 17.6. The zero-order valence-corrected chi connectivity index (χ0v) is 32.8. The van der Waals surface area contributed by atoms with Gasteiger partial charge in [0, 0.05) is 19.3 Å². The average molecular weight is 641 g/mol. The van der Waals surface area contributed by atoms with E-state index in [0.717, 1.165) is 38.0 Å². The molecule has 7 atom stereocenters. The third-order valence-electron chi connectivity index (χ3n) is 13.5. The van der Waals surface area contributed by atoms with Crippen molar-refractivity contribution in [1.29, 1.82) is 0 Å². The van der Waals surface area contributed by atoms with E-state index in [0.29, 0.717) is 29.0 Å². The van der Waals surface area contributed by atoms with Crippen LogP contribution < -0.4 is 0 Å². The van der Waals surface area contributed by atoms with Gasteiger partial charge >= 0.3 is 0 Å². The number of hydrogen-bond acceptors (Lipinski definition) is 3. The van der Waals surface area contributed by atoms with E-state index in [2.05, 4.69) is 100 Å². The van der Waals surface area contributed by atoms with Crippen molar-refractivity contribution in [3.05, 3.63) is 35.5 Å². The first-order valence-corrected chi connectivity index (χ1v) is 23.9. The van der Waals surface area contributed by atoms with Crippen LogP contribution >= 0.6 is 0 Å². The highest BCUT2D eigenvalue weighted by atomic mass is 28.4. The van der Waals surface area contributed by atoms with Crippen molar-refractivity contribution in [2.45, 2.75) is 174 Å². The Hall–Kier alpha value is -0.756. The summed E-state index contributed by atoms with van der Waals surface area (Å²) in [5.74, 6) is 3.28. The maximum absolute atomic E-state index is 11.9. The van der Waals surface area contributed by atoms with Gasteiger partial charge in [-0.3, -0.25) is 4.79 Å². The molecule has 4 aliphatic rings. The Morgan fingerprint density at radius 3 is 2.16 bits per heavy atom. The second kappa shape index (κ2) is 13.0. The summed E-state index contributed by atoms with van der Waals surface area (Å²) in [4.78, 5) is 11.9. The Morgan fingerprint density at radius 1 is 0.932 bits per heavy atom. The molecule has 4 fully saturated rings. The second-order valence-corrected chi connectivity index (χ2v) is 28.2. The standard InChI is InChI=1S/C39H68O3Si2/c1-27(23-29-16-19-32(40)24-29)34-20-21-35-30(15-14-22-39(34,35)9)17-18-31-25-33(41-43(10,11)37(3,4)5)26-36(28(31)2)42-44(12,13)38(6,7)8/h17-18,27,29,33-36H,2,14-16,19-26H2,1,3-13H3/b30-17+,31-18-/t27?,29?,33-,34?,35?,36+,39-/m1/s1. The van der Waals surface area contributed by atoms with Crippen LogP contribution in [0.4, 0.5) is 0 Å². The molecule has 44 heavy (non-hydrogen) atoms. The number of allylic oxidation sites excluding steroid dienone is 3. The molecule has 5 heteroatoms. The summed E-state index contributed by atoms with van der Waals surface area (Å²) in [6.45, 7) is 33.3. The molecule has 0 aromatic rings. The predicted octanol–water partition coefficient (Wildman–Crippen LogP) is 11.6. The zero-order chi connectivity index (χ0) is 32.9. The molecule has 0 aliphatic heterocycles. The molecule has 0 bridgehead atoms. The molecule has 0 heterocycles. The summed E-state index contributed by atoms with van der Waals surface area (Å²) < 4.78 is 14.2. The highest BCUT2D eigenvalue weighted by Crippen LogP contribution is 2.60. The number of rotatable bonds is 8. The lowest BCUT2D eigenvalue weighted by Crippen LogP contribution is -2.49. The smallest absolute Gasteiger partial charge is 0.192 e. The summed E-state index contributed by atoms with van der Waals surface area (Å²) in [5, 5.41) is 0.335. The van der Waals surface area contributed by atoms with E-state index in [1.54, 1.807) is 5.57 Å². The maximum Gasteiger partial charge on any atom is 0.192 e. The van der Waals surface area contributed by atoms with Crippen LogP contribution in [0.15, 0.2) is 35.5 Å². The number of fused-ring (bicyclic) bond motifs is 1. The second-order valence-electron chi connectivity index (χ2n) is 18.7. The first-order valence-electron chi connectivity index (χ1n) is 18.1. The van der Waals surface area contributed by atoms with Crippen LogP contribution in [0, 0.1) is 29.1 Å². The van der Waals surface area contributed by atoms with E-state index >= 15 is 0 Å². The van der Waals surface area contributed by atoms with Crippen LogP contribution in [-0.4, -0.2) is 34.6 Å². The first kappa shape index (κ1) is 36.1. The van der Waals surface area contributed by atoms with Crippen molar-refractivity contribution in [3.63, 3.8) is 0 Å². The number of carbonyl (C=O) groups is 1. The van der Waals surface area contributed by atoms with E-state index in [1.165, 1.54) is 49.7 Å². The van der Waals surface area contributed by atoms with Gasteiger partial charge in [0.05, 0.1) is 12.2 Å². The van der Waals surface area contributed by atoms with E-state index in [4.69, 9.17) is 8.85 Å². The maximum atomic E-state index is 11.9. The van der Waals surface area contributed by atoms with Crippen molar-refractivity contribution >= 4 is 22.4 Å². The Labute approximate surface area is 274 Å². The van der Waals surface area contributed by atoms with E-state index in [1.807, 2.05) is 0 Å². The molecule has 0 radical (unpaired) electrons. The highest BCUT2D eigenvalue weighted by Gasteiger charge is 2.51. The summed E-state index contributed by atoms with van der Waals surface area (Å²) in [6, 6.07) is 0. The quantitative estimate of drug-likeness (QED) is 0.248. The topological polar surface area (TPSA) is 35.5 Å². The highest BCUT2D eigenvalue weighted by molar-refractivity contribution is 6.74. The third-order valence-corrected chi connectivity index (χ3v) is 22.5. The fraction of sp³-hybridized carbons (Fsp3) is 0.821. The van der Waals surface area contributed by atoms with Gasteiger partial charge < -0.3 is 8.85 Å². The minimum absolute atomic E-state index is 0.0276. The van der Waals surface area contributed by atoms with Gasteiger partial charge in [-0.05, 0) is 128 Å². The minimum atomic E-state index is -1.97. The predicted molar refractivity (Wildman–Crippen MR) is 193 cm³/mol. The SMILES string of the molecule is C=C1/C(=C\C=C2/CCC[C@@]3(C)C2CCC3C(C)CC2CCC(=O)C2)C[C@@H](O[Si](C)(C)C(C)(C)C)C[C@@H]1O[Si](C)(C)C(C)(C)C. The molecule has 3 nitrogen and oxygen atoms in total. The lowest BCUT2D eigenvalue weighted by atomic mass is 9.60. The lowest BCUT2D eigenvalue weighted by Gasteiger charge is -2.46. The summed E-state index contributed by atoms with van der Waals surface area (Å²) >= 11 is 0. The molecule has 0 aromatic heterocycles. The molecule has 0 spiro atoms. The molecule has 0 saturated heterocycles. The third kappa shape index (κ3) is 7.68. The van der Waals surface area contributed by atoms with Crippen LogP contribution in [0.5, 0.6) is 0 Å². The first-order chi connectivity index (χ1) is 20.1. The van der Waals surface area contributed by atoms with Crippen LogP contribution in [0.1, 0.15) is 126 Å². The van der Waals surface area contributed by atoms with Gasteiger partial charge in [0.25, 0.3) is 0 Å². The van der Waals surface area contributed by atoms with Crippen molar-refractivity contribution < 1.29 is 13.6 Å². The fourth-order valence-corrected chi connectivity index (χ4v) is 11.4. The molecular weight excluding hydrogens is 573 g/mol. The van der Waals surface area contributed by atoms with Gasteiger partial charge in [-0.15, -0.1) is 0 Å². The number of hydrogen-bond donors (Lipinski definition) is 0. The van der Waals surface area contributed by atoms with E-state index < -0.39 is 16.6 Å². The van der Waals surface area contributed by atoms with Gasteiger partial charge in [-0.2, -0.15) is 0 Å². The molecular formula is C39H68O3Si2. The van der Waals surface area contributed by atoms with Crippen LogP contribution in [0.25, 0.3) is 0 Å².